The maximum absolute atomic E-state index is 10.7. The number of hydrogen-bond donors (Lipinski definition) is 1. The first kappa shape index (κ1) is 23.3. The Morgan fingerprint density at radius 1 is 0.920 bits per heavy atom. The maximum Gasteiger partial charge on any atom is 1.00 e. The number of allylic oxidation sites excluding steroid dienone is 4. The van der Waals surface area contributed by atoms with Gasteiger partial charge in [0.25, 0.3) is 5.69 Å². The van der Waals surface area contributed by atoms with E-state index in [4.69, 9.17) is 0 Å². The number of hydrogen-bond acceptors (Lipinski definition) is 2. The Kier molecular flexibility index (Phi) is 7.13. The number of aromatic nitrogens is 1. The zero-order valence-electron chi connectivity index (χ0n) is 12.1. The van der Waals surface area contributed by atoms with Crippen molar-refractivity contribution < 1.29 is 49.6 Å². The van der Waals surface area contributed by atoms with Gasteiger partial charge in [-0.05, 0) is 12.1 Å². The van der Waals surface area contributed by atoms with Crippen molar-refractivity contribution in [1.29, 1.82) is 0 Å². The summed E-state index contributed by atoms with van der Waals surface area (Å²) in [5.41, 5.74) is 1.04. The number of nitro groups is 1. The minimum absolute atomic E-state index is 0. The molecule has 140 valence electrons. The molecular weight excluding hydrogens is 462 g/mol. The fraction of sp³-hybridized carbons (Fsp3) is 0. The predicted octanol–water partition coefficient (Wildman–Crippen LogP) is 6.77. The molecule has 3 rings (SSSR count). The summed E-state index contributed by atoms with van der Waals surface area (Å²) in [4.78, 5) is 12.9. The molecule has 1 N–H and O–H groups in total. The Balaban J connectivity index is 0.000000380. The molecule has 2 radical (unpaired) electrons. The second-order valence-corrected chi connectivity index (χ2v) is 6.34. The third kappa shape index (κ3) is 13.3. The molecule has 0 spiro atoms. The largest absolute Gasteiger partial charge is 1.00 e. The summed E-state index contributed by atoms with van der Waals surface area (Å²) in [5, 5.41) is 11.2. The predicted molar refractivity (Wildman–Crippen MR) is 81.1 cm³/mol. The standard InChI is InChI=1S/C8H6N2O2.C5H5.F6P.Ru/c11-10(12)7-1-2-8-6(5-7)3-4-9-8;1-2-4-5-3-1;1-7(2,3,4,5)6;/h1-5,9H;1-5H;;/q;;-1;+1. The van der Waals surface area contributed by atoms with E-state index in [1.165, 1.54) is 6.07 Å². The van der Waals surface area contributed by atoms with Gasteiger partial charge < -0.3 is 4.98 Å². The second kappa shape index (κ2) is 7.66. The number of rotatable bonds is 1. The van der Waals surface area contributed by atoms with Crippen molar-refractivity contribution >= 4 is 24.4 Å². The molecule has 12 heteroatoms. The van der Waals surface area contributed by atoms with Crippen LogP contribution in [-0.4, -0.2) is 9.91 Å². The molecule has 1 heterocycles. The van der Waals surface area contributed by atoms with Crippen LogP contribution in [0.5, 0.6) is 0 Å². The van der Waals surface area contributed by atoms with Crippen molar-refractivity contribution in [1.82, 2.24) is 4.98 Å². The molecule has 1 aromatic heterocycles. The number of fused-ring (bicyclic) bond motifs is 1. The minimum Gasteiger partial charge on any atom is -0.361 e. The topological polar surface area (TPSA) is 58.9 Å². The summed E-state index contributed by atoms with van der Waals surface area (Å²) in [6.45, 7) is 0. The first-order valence-electron chi connectivity index (χ1n) is 6.17. The number of halogens is 6. The van der Waals surface area contributed by atoms with E-state index in [0.717, 1.165) is 10.9 Å². The van der Waals surface area contributed by atoms with E-state index in [1.54, 1.807) is 18.3 Å². The van der Waals surface area contributed by atoms with E-state index in [9.17, 15) is 35.3 Å². The Bertz CT molecular complexity index is 765. The number of benzene rings is 1. The van der Waals surface area contributed by atoms with Gasteiger partial charge in [0, 0.05) is 35.7 Å². The molecule has 2 aromatic rings. The average molecular weight is 473 g/mol. The fourth-order valence-corrected chi connectivity index (χ4v) is 1.47. The molecule has 0 atom stereocenters. The zero-order chi connectivity index (χ0) is 18.5. The van der Waals surface area contributed by atoms with Crippen LogP contribution in [0.25, 0.3) is 10.9 Å². The second-order valence-electron chi connectivity index (χ2n) is 4.43. The van der Waals surface area contributed by atoms with Gasteiger partial charge in [-0.25, -0.2) is 0 Å². The molecule has 0 fully saturated rings. The number of nitrogens with one attached hydrogen (secondary N) is 1. The molecule has 25 heavy (non-hydrogen) atoms. The Hall–Kier alpha value is -1.73. The molecule has 4 nitrogen and oxygen atoms in total. The third-order valence-corrected chi connectivity index (χ3v) is 2.30. The van der Waals surface area contributed by atoms with Crippen LogP contribution in [0.2, 0.25) is 0 Å². The molecular formula is C13H11F6N2O2PRu. The van der Waals surface area contributed by atoms with Crippen LogP contribution in [-0.2, 0) is 19.5 Å². The molecule has 0 saturated carbocycles. The quantitative estimate of drug-likeness (QED) is 0.163. The normalized spacial score (nSPS) is 15.0. The van der Waals surface area contributed by atoms with Gasteiger partial charge in [0.1, 0.15) is 0 Å². The molecule has 1 aliphatic carbocycles. The summed E-state index contributed by atoms with van der Waals surface area (Å²) < 4.78 is 59.2. The van der Waals surface area contributed by atoms with Crippen molar-refractivity contribution in [3.63, 3.8) is 0 Å². The Labute approximate surface area is 150 Å². The van der Waals surface area contributed by atoms with Gasteiger partial charge in [0.05, 0.1) is 4.92 Å². The number of nitrogens with zero attached hydrogens (tertiary/aromatic N) is 1. The van der Waals surface area contributed by atoms with Gasteiger partial charge >= 0.3 is 52.5 Å². The Morgan fingerprint density at radius 3 is 1.84 bits per heavy atom. The van der Waals surface area contributed by atoms with E-state index >= 15 is 0 Å². The number of H-pyrrole nitrogens is 1. The average Bonchev–Trinajstić information content (AvgIpc) is 3.08. The van der Waals surface area contributed by atoms with Gasteiger partial charge in [0.15, 0.2) is 0 Å². The monoisotopic (exact) mass is 474 g/mol. The van der Waals surface area contributed by atoms with E-state index in [-0.39, 0.29) is 25.2 Å². The van der Waals surface area contributed by atoms with Gasteiger partial charge in [-0.15, -0.1) is 0 Å². The van der Waals surface area contributed by atoms with Crippen molar-refractivity contribution in [3.05, 3.63) is 71.3 Å². The van der Waals surface area contributed by atoms with Crippen LogP contribution in [0, 0.1) is 16.5 Å². The minimum atomic E-state index is -10.7. The fourth-order valence-electron chi connectivity index (χ4n) is 1.47. The third-order valence-electron chi connectivity index (χ3n) is 2.30. The van der Waals surface area contributed by atoms with Crippen LogP contribution in [0.15, 0.2) is 54.8 Å². The van der Waals surface area contributed by atoms with Crippen molar-refractivity contribution in [2.75, 3.05) is 0 Å². The zero-order valence-corrected chi connectivity index (χ0v) is 14.7. The molecule has 0 unspecified atom stereocenters. The molecule has 0 amide bonds. The van der Waals surface area contributed by atoms with Gasteiger partial charge in [-0.1, -0.05) is 24.3 Å². The summed E-state index contributed by atoms with van der Waals surface area (Å²) in [7, 11) is -10.7. The van der Waals surface area contributed by atoms with Crippen LogP contribution >= 0.6 is 7.81 Å². The summed E-state index contributed by atoms with van der Waals surface area (Å²) in [6, 6.07) is 6.54. The number of nitro benzene ring substituents is 1. The van der Waals surface area contributed by atoms with Crippen LogP contribution in [0.4, 0.5) is 30.9 Å². The maximum atomic E-state index is 10.4. The first-order chi connectivity index (χ1) is 10.7. The van der Waals surface area contributed by atoms with E-state index in [1.807, 2.05) is 36.8 Å². The summed E-state index contributed by atoms with van der Waals surface area (Å²) >= 11 is 0. The molecule has 1 aromatic carbocycles. The van der Waals surface area contributed by atoms with E-state index < -0.39 is 12.7 Å². The van der Waals surface area contributed by atoms with Crippen molar-refractivity contribution in [2.45, 2.75) is 0 Å². The van der Waals surface area contributed by atoms with Gasteiger partial charge in [-0.2, -0.15) is 0 Å². The van der Waals surface area contributed by atoms with Crippen LogP contribution < -0.4 is 0 Å². The van der Waals surface area contributed by atoms with Crippen LogP contribution in [0.1, 0.15) is 0 Å². The molecule has 0 saturated heterocycles. The van der Waals surface area contributed by atoms with E-state index in [2.05, 4.69) is 4.98 Å². The first-order valence-corrected chi connectivity index (χ1v) is 8.20. The van der Waals surface area contributed by atoms with Crippen molar-refractivity contribution in [2.24, 2.45) is 0 Å². The number of aromatic amines is 1. The van der Waals surface area contributed by atoms with E-state index in [0.29, 0.717) is 0 Å². The van der Waals surface area contributed by atoms with Gasteiger partial charge in [-0.3, -0.25) is 10.1 Å². The SMILES string of the molecule is F[P-](F)(F)(F)(F)F.O=[N+]([O-])c1ccc2[nH]ccc2c1.[CH]1C=CC=C1.[Ru+]. The smallest absolute Gasteiger partial charge is 0.361 e. The van der Waals surface area contributed by atoms with Gasteiger partial charge in [0.2, 0.25) is 0 Å². The molecule has 0 aliphatic heterocycles. The Morgan fingerprint density at radius 2 is 1.44 bits per heavy atom. The number of non-ortho nitro benzene ring substituents is 1. The summed E-state index contributed by atoms with van der Waals surface area (Å²) in [6.07, 6.45) is 11.8. The van der Waals surface area contributed by atoms with Crippen LogP contribution in [0.3, 0.4) is 0 Å². The summed E-state index contributed by atoms with van der Waals surface area (Å²) in [5.74, 6) is 0. The van der Waals surface area contributed by atoms with Crippen molar-refractivity contribution in [3.8, 4) is 0 Å². The molecule has 1 aliphatic rings. The molecule has 0 bridgehead atoms.